The summed E-state index contributed by atoms with van der Waals surface area (Å²) in [6.07, 6.45) is 1.06. The predicted molar refractivity (Wildman–Crippen MR) is 106 cm³/mol. The number of aryl methyl sites for hydroxylation is 1. The highest BCUT2D eigenvalue weighted by Gasteiger charge is 2.16. The molecule has 0 saturated heterocycles. The van der Waals surface area contributed by atoms with E-state index in [0.717, 1.165) is 32.9 Å². The molecule has 1 heterocycles. The molecule has 0 aliphatic heterocycles. The molecule has 3 nitrogen and oxygen atoms in total. The van der Waals surface area contributed by atoms with Crippen LogP contribution in [0.25, 0.3) is 10.2 Å². The van der Waals surface area contributed by atoms with E-state index in [-0.39, 0.29) is 11.8 Å². The monoisotopic (exact) mass is 352 g/mol. The average Bonchev–Trinajstić information content (AvgIpc) is 2.93. The topological polar surface area (TPSA) is 42.0 Å². The highest BCUT2D eigenvalue weighted by Crippen LogP contribution is 2.26. The van der Waals surface area contributed by atoms with E-state index in [1.54, 1.807) is 11.3 Å². The van der Waals surface area contributed by atoms with E-state index < -0.39 is 0 Å². The zero-order valence-corrected chi connectivity index (χ0v) is 16.0. The van der Waals surface area contributed by atoms with E-state index in [4.69, 9.17) is 0 Å². The molecule has 0 saturated carbocycles. The number of rotatable bonds is 5. The molecule has 1 N–H and O–H groups in total. The number of nitrogens with zero attached hydrogens (tertiary/aromatic N) is 1. The molecule has 1 atom stereocenters. The first-order valence-electron chi connectivity index (χ1n) is 8.69. The Morgan fingerprint density at radius 3 is 2.52 bits per heavy atom. The maximum atomic E-state index is 12.6. The maximum absolute atomic E-state index is 12.6. The molecular weight excluding hydrogens is 328 g/mol. The molecule has 3 aromatic rings. The van der Waals surface area contributed by atoms with Gasteiger partial charge >= 0.3 is 0 Å². The van der Waals surface area contributed by atoms with E-state index >= 15 is 0 Å². The summed E-state index contributed by atoms with van der Waals surface area (Å²) in [6.45, 7) is 8.37. The van der Waals surface area contributed by atoms with Crippen molar-refractivity contribution >= 4 is 33.1 Å². The van der Waals surface area contributed by atoms with Crippen molar-refractivity contribution in [3.05, 3.63) is 58.6 Å². The van der Waals surface area contributed by atoms with Gasteiger partial charge in [-0.2, -0.15) is 0 Å². The largest absolute Gasteiger partial charge is 0.326 e. The minimum atomic E-state index is -0.188. The fraction of sp³-hybridized carbons (Fsp3) is 0.333. The first-order valence-corrected chi connectivity index (χ1v) is 9.51. The van der Waals surface area contributed by atoms with Crippen molar-refractivity contribution < 1.29 is 4.79 Å². The van der Waals surface area contributed by atoms with Crippen LogP contribution in [-0.4, -0.2) is 10.9 Å². The van der Waals surface area contributed by atoms with Crippen molar-refractivity contribution in [1.29, 1.82) is 0 Å². The molecule has 0 bridgehead atoms. The lowest BCUT2D eigenvalue weighted by Crippen LogP contribution is -2.18. The van der Waals surface area contributed by atoms with Gasteiger partial charge in [-0.25, -0.2) is 4.98 Å². The van der Waals surface area contributed by atoms with Crippen LogP contribution in [0.1, 0.15) is 42.8 Å². The van der Waals surface area contributed by atoms with Crippen molar-refractivity contribution in [3.8, 4) is 0 Å². The van der Waals surface area contributed by atoms with Crippen LogP contribution in [0.5, 0.6) is 0 Å². The van der Waals surface area contributed by atoms with Crippen LogP contribution in [-0.2, 0) is 11.2 Å². The molecule has 1 aromatic heterocycles. The molecular formula is C21H24N2OS. The van der Waals surface area contributed by atoms with Crippen molar-refractivity contribution in [2.75, 3.05) is 5.32 Å². The predicted octanol–water partition coefficient (Wildman–Crippen LogP) is 5.55. The highest BCUT2D eigenvalue weighted by molar-refractivity contribution is 7.18. The van der Waals surface area contributed by atoms with Gasteiger partial charge in [0.25, 0.3) is 0 Å². The number of amides is 1. The summed E-state index contributed by atoms with van der Waals surface area (Å²) in [5.74, 6) is 0.459. The van der Waals surface area contributed by atoms with Gasteiger partial charge in [-0.1, -0.05) is 38.1 Å². The fourth-order valence-electron chi connectivity index (χ4n) is 2.93. The third-order valence-corrected chi connectivity index (χ3v) is 5.21. The molecule has 130 valence electrons. The zero-order chi connectivity index (χ0) is 18.0. The van der Waals surface area contributed by atoms with Gasteiger partial charge in [0.15, 0.2) is 0 Å². The van der Waals surface area contributed by atoms with Crippen LogP contribution in [0.15, 0.2) is 42.5 Å². The van der Waals surface area contributed by atoms with Crippen LogP contribution in [0.3, 0.4) is 0 Å². The van der Waals surface area contributed by atoms with Gasteiger partial charge in [0.1, 0.15) is 0 Å². The first kappa shape index (κ1) is 17.6. The van der Waals surface area contributed by atoms with E-state index in [9.17, 15) is 4.79 Å². The first-order chi connectivity index (χ1) is 11.9. The van der Waals surface area contributed by atoms with E-state index in [2.05, 4.69) is 48.4 Å². The smallest absolute Gasteiger partial charge is 0.231 e. The Morgan fingerprint density at radius 1 is 1.12 bits per heavy atom. The summed E-state index contributed by atoms with van der Waals surface area (Å²) < 4.78 is 1.10. The minimum Gasteiger partial charge on any atom is -0.326 e. The van der Waals surface area contributed by atoms with Crippen molar-refractivity contribution in [1.82, 2.24) is 4.98 Å². The summed E-state index contributed by atoms with van der Waals surface area (Å²) in [6, 6.07) is 14.3. The number of benzene rings is 2. The SMILES string of the molecule is Cc1nc2ccc(NC(=O)C(C)c3ccc(CC(C)C)cc3)cc2s1. The summed E-state index contributed by atoms with van der Waals surface area (Å²) >= 11 is 1.64. The summed E-state index contributed by atoms with van der Waals surface area (Å²) in [5.41, 5.74) is 4.16. The standard InChI is InChI=1S/C21H24N2OS/c1-13(2)11-16-5-7-17(8-6-16)14(3)21(24)23-18-9-10-19-20(12-18)25-15(4)22-19/h5-10,12-14H,11H2,1-4H3,(H,23,24). The number of carbonyl (C=O) groups is 1. The summed E-state index contributed by atoms with van der Waals surface area (Å²) in [5, 5.41) is 4.06. The number of hydrogen-bond acceptors (Lipinski definition) is 3. The van der Waals surface area contributed by atoms with Gasteiger partial charge in [0, 0.05) is 5.69 Å². The second kappa shape index (κ2) is 7.36. The molecule has 1 unspecified atom stereocenters. The third kappa shape index (κ3) is 4.26. The molecule has 0 aliphatic carbocycles. The Kier molecular flexibility index (Phi) is 5.19. The maximum Gasteiger partial charge on any atom is 0.231 e. The fourth-order valence-corrected chi connectivity index (χ4v) is 3.80. The zero-order valence-electron chi connectivity index (χ0n) is 15.2. The molecule has 1 amide bonds. The summed E-state index contributed by atoms with van der Waals surface area (Å²) in [4.78, 5) is 17.0. The Bertz CT molecular complexity index is 881. The van der Waals surface area contributed by atoms with Gasteiger partial charge in [-0.05, 0) is 55.5 Å². The second-order valence-electron chi connectivity index (χ2n) is 6.97. The van der Waals surface area contributed by atoms with Crippen molar-refractivity contribution in [2.45, 2.75) is 40.0 Å². The van der Waals surface area contributed by atoms with Crippen LogP contribution < -0.4 is 5.32 Å². The lowest BCUT2D eigenvalue weighted by Gasteiger charge is -2.14. The number of thiazole rings is 1. The molecule has 0 aliphatic rings. The van der Waals surface area contributed by atoms with Gasteiger partial charge in [0.2, 0.25) is 5.91 Å². The Labute approximate surface area is 153 Å². The third-order valence-electron chi connectivity index (χ3n) is 4.28. The van der Waals surface area contributed by atoms with Crippen LogP contribution in [0.2, 0.25) is 0 Å². The number of carbonyl (C=O) groups excluding carboxylic acids is 1. The second-order valence-corrected chi connectivity index (χ2v) is 8.20. The molecule has 2 aromatic carbocycles. The van der Waals surface area contributed by atoms with Crippen molar-refractivity contribution in [2.24, 2.45) is 5.92 Å². The van der Waals surface area contributed by atoms with E-state index in [1.165, 1.54) is 5.56 Å². The Balaban J connectivity index is 1.70. The van der Waals surface area contributed by atoms with Gasteiger partial charge in [0.05, 0.1) is 21.1 Å². The number of aromatic nitrogens is 1. The lowest BCUT2D eigenvalue weighted by atomic mass is 9.96. The molecule has 0 spiro atoms. The highest BCUT2D eigenvalue weighted by atomic mass is 32.1. The number of anilines is 1. The average molecular weight is 353 g/mol. The van der Waals surface area contributed by atoms with E-state index in [1.807, 2.05) is 32.0 Å². The minimum absolute atomic E-state index is 0.0113. The van der Waals surface area contributed by atoms with Crippen LogP contribution in [0, 0.1) is 12.8 Å². The summed E-state index contributed by atoms with van der Waals surface area (Å²) in [7, 11) is 0. The molecule has 3 rings (SSSR count). The number of fused-ring (bicyclic) bond motifs is 1. The van der Waals surface area contributed by atoms with Gasteiger partial charge in [-0.3, -0.25) is 4.79 Å². The molecule has 4 heteroatoms. The van der Waals surface area contributed by atoms with Crippen LogP contribution >= 0.6 is 11.3 Å². The quantitative estimate of drug-likeness (QED) is 0.654. The van der Waals surface area contributed by atoms with Gasteiger partial charge in [-0.15, -0.1) is 11.3 Å². The van der Waals surface area contributed by atoms with Crippen LogP contribution in [0.4, 0.5) is 5.69 Å². The van der Waals surface area contributed by atoms with Crippen molar-refractivity contribution in [3.63, 3.8) is 0 Å². The lowest BCUT2D eigenvalue weighted by molar-refractivity contribution is -0.117. The Morgan fingerprint density at radius 2 is 1.84 bits per heavy atom. The van der Waals surface area contributed by atoms with Gasteiger partial charge < -0.3 is 5.32 Å². The molecule has 0 fully saturated rings. The van der Waals surface area contributed by atoms with E-state index in [0.29, 0.717) is 5.92 Å². The number of hydrogen-bond donors (Lipinski definition) is 1. The molecule has 0 radical (unpaired) electrons. The Hall–Kier alpha value is -2.20. The normalized spacial score (nSPS) is 12.5. The number of nitrogens with one attached hydrogen (secondary N) is 1. The molecule has 25 heavy (non-hydrogen) atoms.